The van der Waals surface area contributed by atoms with Crippen LogP contribution in [0, 0.1) is 25.7 Å². The number of hydrogen-bond donors (Lipinski definition) is 1. The van der Waals surface area contributed by atoms with E-state index in [9.17, 15) is 9.59 Å². The van der Waals surface area contributed by atoms with Gasteiger partial charge in [0.15, 0.2) is 5.65 Å². The second kappa shape index (κ2) is 8.49. The molecule has 0 aromatic carbocycles. The Morgan fingerprint density at radius 2 is 1.91 bits per heavy atom. The number of carbonyl (C=O) groups excluding carboxylic acids is 2. The molecule has 2 saturated carbocycles. The highest BCUT2D eigenvalue weighted by molar-refractivity contribution is 5.82. The molecule has 2 amide bonds. The molecule has 7 nitrogen and oxygen atoms in total. The van der Waals surface area contributed by atoms with E-state index in [1.54, 1.807) is 0 Å². The maximum Gasteiger partial charge on any atom is 0.226 e. The molecule has 2 aliphatic carbocycles. The second-order valence-corrected chi connectivity index (χ2v) is 10.2. The van der Waals surface area contributed by atoms with Gasteiger partial charge in [-0.05, 0) is 63.9 Å². The number of aryl methyl sites for hydroxylation is 2. The Kier molecular flexibility index (Phi) is 5.68. The van der Waals surface area contributed by atoms with E-state index in [0.29, 0.717) is 30.7 Å². The first-order chi connectivity index (χ1) is 15.4. The second-order valence-electron chi connectivity index (χ2n) is 10.2. The molecule has 5 rings (SSSR count). The van der Waals surface area contributed by atoms with Gasteiger partial charge < -0.3 is 10.2 Å². The SMILES string of the molecule is Cc1nc2cc([C@@H]3CCCN3C(=O)[C@@H]3C[C@H]3C)nn2c(C)c1CCC(=O)NC1CCCC1. The summed E-state index contributed by atoms with van der Waals surface area (Å²) in [6.07, 6.45) is 8.80. The van der Waals surface area contributed by atoms with Crippen molar-refractivity contribution in [2.24, 2.45) is 11.8 Å². The Labute approximate surface area is 190 Å². The number of fused-ring (bicyclic) bond motifs is 1. The van der Waals surface area contributed by atoms with Crippen LogP contribution in [0.3, 0.4) is 0 Å². The maximum absolute atomic E-state index is 12.9. The van der Waals surface area contributed by atoms with E-state index in [1.165, 1.54) is 12.8 Å². The number of carbonyl (C=O) groups is 2. The van der Waals surface area contributed by atoms with E-state index in [4.69, 9.17) is 10.1 Å². The van der Waals surface area contributed by atoms with Crippen LogP contribution in [-0.2, 0) is 16.0 Å². The van der Waals surface area contributed by atoms with E-state index in [1.807, 2.05) is 22.4 Å². The molecule has 0 radical (unpaired) electrons. The summed E-state index contributed by atoms with van der Waals surface area (Å²) in [6.45, 7) is 7.06. The lowest BCUT2D eigenvalue weighted by atomic mass is 10.1. The molecule has 1 saturated heterocycles. The smallest absolute Gasteiger partial charge is 0.226 e. The Hall–Kier alpha value is -2.44. The van der Waals surface area contributed by atoms with Crippen LogP contribution in [0.15, 0.2) is 6.07 Å². The molecule has 3 atom stereocenters. The zero-order valence-corrected chi connectivity index (χ0v) is 19.6. The summed E-state index contributed by atoms with van der Waals surface area (Å²) in [5.74, 6) is 1.15. The summed E-state index contributed by atoms with van der Waals surface area (Å²) in [4.78, 5) is 32.2. The lowest BCUT2D eigenvalue weighted by molar-refractivity contribution is -0.133. The van der Waals surface area contributed by atoms with Crippen LogP contribution in [0.5, 0.6) is 0 Å². The molecule has 32 heavy (non-hydrogen) atoms. The van der Waals surface area contributed by atoms with Crippen LogP contribution in [0.25, 0.3) is 5.65 Å². The summed E-state index contributed by atoms with van der Waals surface area (Å²) in [5.41, 5.74) is 4.86. The first-order valence-electron chi connectivity index (χ1n) is 12.4. The van der Waals surface area contributed by atoms with Crippen LogP contribution in [0.1, 0.15) is 87.0 Å². The summed E-state index contributed by atoms with van der Waals surface area (Å²) < 4.78 is 1.91. The monoisotopic (exact) mass is 437 g/mol. The third kappa shape index (κ3) is 4.02. The highest BCUT2D eigenvalue weighted by atomic mass is 16.2. The predicted molar refractivity (Wildman–Crippen MR) is 122 cm³/mol. The molecule has 0 unspecified atom stereocenters. The molecule has 0 bridgehead atoms. The van der Waals surface area contributed by atoms with Gasteiger partial charge in [0, 0.05) is 42.4 Å². The van der Waals surface area contributed by atoms with Crippen molar-refractivity contribution >= 4 is 17.5 Å². The predicted octanol–water partition coefficient (Wildman–Crippen LogP) is 3.66. The molecule has 172 valence electrons. The average molecular weight is 438 g/mol. The van der Waals surface area contributed by atoms with Gasteiger partial charge >= 0.3 is 0 Å². The number of rotatable bonds is 6. The molecule has 3 heterocycles. The van der Waals surface area contributed by atoms with Crippen molar-refractivity contribution in [3.63, 3.8) is 0 Å². The normalized spacial score (nSPS) is 25.6. The first-order valence-corrected chi connectivity index (χ1v) is 12.4. The van der Waals surface area contributed by atoms with Crippen LogP contribution in [0.4, 0.5) is 0 Å². The summed E-state index contributed by atoms with van der Waals surface area (Å²) >= 11 is 0. The Balaban J connectivity index is 1.33. The third-order valence-electron chi connectivity index (χ3n) is 7.81. The van der Waals surface area contributed by atoms with E-state index < -0.39 is 0 Å². The van der Waals surface area contributed by atoms with Crippen molar-refractivity contribution in [1.29, 1.82) is 0 Å². The average Bonchev–Trinajstić information content (AvgIpc) is 3.22. The quantitative estimate of drug-likeness (QED) is 0.748. The van der Waals surface area contributed by atoms with Gasteiger partial charge in [-0.1, -0.05) is 19.8 Å². The van der Waals surface area contributed by atoms with Gasteiger partial charge in [0.2, 0.25) is 11.8 Å². The number of nitrogens with one attached hydrogen (secondary N) is 1. The van der Waals surface area contributed by atoms with Crippen LogP contribution < -0.4 is 5.32 Å². The highest BCUT2D eigenvalue weighted by Crippen LogP contribution is 2.43. The van der Waals surface area contributed by atoms with Gasteiger partial charge in [0.25, 0.3) is 0 Å². The van der Waals surface area contributed by atoms with Gasteiger partial charge in [-0.2, -0.15) is 5.10 Å². The first kappa shape index (κ1) is 21.4. The van der Waals surface area contributed by atoms with Crippen molar-refractivity contribution < 1.29 is 9.59 Å². The molecular formula is C25H35N5O2. The summed E-state index contributed by atoms with van der Waals surface area (Å²) in [6, 6.07) is 2.45. The maximum atomic E-state index is 12.9. The highest BCUT2D eigenvalue weighted by Gasteiger charge is 2.44. The fraction of sp³-hybridized carbons (Fsp3) is 0.680. The minimum atomic E-state index is 0.0531. The third-order valence-corrected chi connectivity index (χ3v) is 7.81. The molecule has 7 heteroatoms. The van der Waals surface area contributed by atoms with Gasteiger partial charge in [-0.15, -0.1) is 0 Å². The fourth-order valence-electron chi connectivity index (χ4n) is 5.69. The Bertz CT molecular complexity index is 1040. The molecule has 2 aromatic heterocycles. The van der Waals surface area contributed by atoms with Crippen LogP contribution in [0.2, 0.25) is 0 Å². The van der Waals surface area contributed by atoms with Gasteiger partial charge in [-0.25, -0.2) is 9.50 Å². The zero-order chi connectivity index (χ0) is 22.4. The molecular weight excluding hydrogens is 402 g/mol. The van der Waals surface area contributed by atoms with Gasteiger partial charge in [0.05, 0.1) is 11.7 Å². The summed E-state index contributed by atoms with van der Waals surface area (Å²) in [7, 11) is 0. The minimum Gasteiger partial charge on any atom is -0.353 e. The van der Waals surface area contributed by atoms with Crippen molar-refractivity contribution in [2.75, 3.05) is 6.54 Å². The largest absolute Gasteiger partial charge is 0.353 e. The molecule has 3 fully saturated rings. The van der Waals surface area contributed by atoms with Crippen LogP contribution in [-0.4, -0.2) is 43.9 Å². The molecule has 2 aromatic rings. The Morgan fingerprint density at radius 1 is 1.16 bits per heavy atom. The van der Waals surface area contributed by atoms with E-state index in [2.05, 4.69) is 19.2 Å². The molecule has 3 aliphatic rings. The molecule has 1 N–H and O–H groups in total. The van der Waals surface area contributed by atoms with Crippen molar-refractivity contribution in [3.05, 3.63) is 28.7 Å². The summed E-state index contributed by atoms with van der Waals surface area (Å²) in [5, 5.41) is 8.08. The topological polar surface area (TPSA) is 79.6 Å². The Morgan fingerprint density at radius 3 is 2.62 bits per heavy atom. The van der Waals surface area contributed by atoms with E-state index >= 15 is 0 Å². The molecule has 1 aliphatic heterocycles. The lowest BCUT2D eigenvalue weighted by Crippen LogP contribution is -2.32. The van der Waals surface area contributed by atoms with E-state index in [0.717, 1.165) is 66.9 Å². The van der Waals surface area contributed by atoms with E-state index in [-0.39, 0.29) is 17.9 Å². The number of likely N-dealkylation sites (tertiary alicyclic amines) is 1. The fourth-order valence-corrected chi connectivity index (χ4v) is 5.69. The van der Waals surface area contributed by atoms with Crippen molar-refractivity contribution in [1.82, 2.24) is 24.8 Å². The number of aromatic nitrogens is 3. The van der Waals surface area contributed by atoms with Crippen molar-refractivity contribution in [3.8, 4) is 0 Å². The van der Waals surface area contributed by atoms with Gasteiger partial charge in [0.1, 0.15) is 0 Å². The number of hydrogen-bond acceptors (Lipinski definition) is 4. The van der Waals surface area contributed by atoms with Crippen LogP contribution >= 0.6 is 0 Å². The minimum absolute atomic E-state index is 0.0531. The number of amides is 2. The van der Waals surface area contributed by atoms with Crippen molar-refractivity contribution in [2.45, 2.75) is 90.6 Å². The number of nitrogens with zero attached hydrogens (tertiary/aromatic N) is 4. The molecule has 0 spiro atoms. The van der Waals surface area contributed by atoms with Gasteiger partial charge in [-0.3, -0.25) is 9.59 Å². The zero-order valence-electron chi connectivity index (χ0n) is 19.6. The standard InChI is InChI=1S/C25H35N5O2/c1-15-13-20(15)25(32)29-12-6-9-22(29)21-14-23-26-16(2)19(17(3)30(23)28-21)10-11-24(31)27-18-7-4-5-8-18/h14-15,18,20,22H,4-13H2,1-3H3,(H,27,31)/t15-,20-,22+/m1/s1. The lowest BCUT2D eigenvalue weighted by Gasteiger charge is -2.23.